The monoisotopic (exact) mass is 453 g/mol. The Hall–Kier alpha value is -1.81. The van der Waals surface area contributed by atoms with Gasteiger partial charge in [-0.15, -0.1) is 0 Å². The van der Waals surface area contributed by atoms with Gasteiger partial charge in [-0.05, 0) is 30.2 Å². The Balaban J connectivity index is 1.93. The van der Waals surface area contributed by atoms with Crippen LogP contribution in [-0.4, -0.2) is 19.4 Å². The Morgan fingerprint density at radius 1 is 1.03 bits per heavy atom. The van der Waals surface area contributed by atoms with Crippen LogP contribution in [-0.2, 0) is 21.8 Å². The number of alkyl halides is 6. The van der Waals surface area contributed by atoms with Crippen LogP contribution in [0.2, 0.25) is 5.02 Å². The summed E-state index contributed by atoms with van der Waals surface area (Å²) in [5.74, 6) is 0. The number of halogens is 7. The molecule has 1 aliphatic heterocycles. The Kier molecular flexibility index (Phi) is 6.66. The van der Waals surface area contributed by atoms with Gasteiger partial charge in [-0.3, -0.25) is 0 Å². The quantitative estimate of drug-likeness (QED) is 0.564. The third-order valence-corrected chi connectivity index (χ3v) is 5.10. The molecule has 0 bridgehead atoms. The fourth-order valence-electron chi connectivity index (χ4n) is 3.21. The van der Waals surface area contributed by atoms with E-state index in [-0.39, 0.29) is 12.2 Å². The van der Waals surface area contributed by atoms with Crippen LogP contribution in [0.4, 0.5) is 26.3 Å². The van der Waals surface area contributed by atoms with Gasteiger partial charge in [0.2, 0.25) is 0 Å². The maximum absolute atomic E-state index is 13.3. The van der Waals surface area contributed by atoms with Crippen LogP contribution in [0, 0.1) is 0 Å². The molecule has 3 rings (SSSR count). The van der Waals surface area contributed by atoms with E-state index in [1.54, 1.807) is 12.1 Å². The number of morpholine rings is 1. The van der Waals surface area contributed by atoms with Crippen LogP contribution in [0.15, 0.2) is 42.5 Å². The topological polar surface area (TPSA) is 30.5 Å². The SMILES string of the molecule is CC(OC1OCCNC1c1ccccc1)c1cc(C(F)(F)F)c(Cl)c(C(F)(F)F)c1. The fraction of sp³-hybridized carbons (Fsp3) is 0.400. The second-order valence-corrected chi connectivity index (χ2v) is 7.16. The van der Waals surface area contributed by atoms with Crippen molar-refractivity contribution in [2.75, 3.05) is 13.2 Å². The molecule has 1 aliphatic rings. The second kappa shape index (κ2) is 8.74. The van der Waals surface area contributed by atoms with E-state index in [4.69, 9.17) is 21.1 Å². The van der Waals surface area contributed by atoms with Crippen LogP contribution < -0.4 is 5.32 Å². The molecule has 0 spiro atoms. The summed E-state index contributed by atoms with van der Waals surface area (Å²) in [6.45, 7) is 2.16. The van der Waals surface area contributed by atoms with Crippen LogP contribution in [0.5, 0.6) is 0 Å². The zero-order valence-corrected chi connectivity index (χ0v) is 16.4. The Labute approximate surface area is 173 Å². The van der Waals surface area contributed by atoms with E-state index in [1.807, 2.05) is 18.2 Å². The highest BCUT2D eigenvalue weighted by Gasteiger charge is 2.41. The molecule has 1 heterocycles. The van der Waals surface area contributed by atoms with Gasteiger partial charge in [0.25, 0.3) is 0 Å². The molecule has 1 N–H and O–H groups in total. The van der Waals surface area contributed by atoms with E-state index in [0.29, 0.717) is 18.7 Å². The van der Waals surface area contributed by atoms with Gasteiger partial charge in [0.05, 0.1) is 34.9 Å². The Morgan fingerprint density at radius 2 is 1.60 bits per heavy atom. The van der Waals surface area contributed by atoms with Gasteiger partial charge in [-0.2, -0.15) is 26.3 Å². The number of rotatable bonds is 4. The number of hydrogen-bond acceptors (Lipinski definition) is 3. The van der Waals surface area contributed by atoms with Crippen molar-refractivity contribution in [3.05, 3.63) is 69.7 Å². The van der Waals surface area contributed by atoms with Crippen LogP contribution in [0.25, 0.3) is 0 Å². The second-order valence-electron chi connectivity index (χ2n) is 6.79. The molecule has 0 amide bonds. The standard InChI is InChI=1S/C20H18ClF6NO2/c1-11(30-18-17(28-7-8-29-18)12-5-3-2-4-6-12)13-9-14(19(22,23)24)16(21)15(10-13)20(25,26)27/h2-6,9-11,17-18,28H,7-8H2,1H3. The number of hydrogen-bond donors (Lipinski definition) is 1. The van der Waals surface area contributed by atoms with Crippen LogP contribution in [0.3, 0.4) is 0 Å². The highest BCUT2D eigenvalue weighted by Crippen LogP contribution is 2.44. The molecule has 0 radical (unpaired) electrons. The summed E-state index contributed by atoms with van der Waals surface area (Å²) in [5, 5.41) is 1.81. The summed E-state index contributed by atoms with van der Waals surface area (Å²) in [5.41, 5.74) is -2.61. The van der Waals surface area contributed by atoms with Gasteiger partial charge in [0.1, 0.15) is 0 Å². The van der Waals surface area contributed by atoms with Crippen molar-refractivity contribution < 1.29 is 35.8 Å². The summed E-state index contributed by atoms with van der Waals surface area (Å²) < 4.78 is 91.0. The zero-order chi connectivity index (χ0) is 22.1. The molecule has 3 atom stereocenters. The Bertz CT molecular complexity index is 837. The number of nitrogens with one attached hydrogen (secondary N) is 1. The lowest BCUT2D eigenvalue weighted by atomic mass is 10.0. The summed E-state index contributed by atoms with van der Waals surface area (Å²) in [7, 11) is 0. The molecule has 2 aromatic carbocycles. The molecule has 1 saturated heterocycles. The van der Waals surface area contributed by atoms with Crippen LogP contribution >= 0.6 is 11.6 Å². The lowest BCUT2D eigenvalue weighted by Gasteiger charge is -2.35. The average molecular weight is 454 g/mol. The summed E-state index contributed by atoms with van der Waals surface area (Å²) in [6.07, 6.45) is -12.1. The van der Waals surface area contributed by atoms with Crippen molar-refractivity contribution >= 4 is 11.6 Å². The molecule has 0 saturated carbocycles. The summed E-state index contributed by atoms with van der Waals surface area (Å²) >= 11 is 5.43. The molecular weight excluding hydrogens is 436 g/mol. The normalized spacial score (nSPS) is 21.5. The van der Waals surface area contributed by atoms with E-state index >= 15 is 0 Å². The molecule has 2 aromatic rings. The minimum Gasteiger partial charge on any atom is -0.349 e. The maximum atomic E-state index is 13.3. The fourth-order valence-corrected chi connectivity index (χ4v) is 3.53. The average Bonchev–Trinajstić information content (AvgIpc) is 2.67. The van der Waals surface area contributed by atoms with Gasteiger partial charge in [0, 0.05) is 6.54 Å². The van der Waals surface area contributed by atoms with Crippen molar-refractivity contribution in [2.45, 2.75) is 37.7 Å². The molecule has 3 unspecified atom stereocenters. The predicted octanol–water partition coefficient (Wildman–Crippen LogP) is 6.14. The van der Waals surface area contributed by atoms with Crippen LogP contribution in [0.1, 0.15) is 41.3 Å². The first-order valence-corrected chi connectivity index (χ1v) is 9.39. The van der Waals surface area contributed by atoms with Crippen molar-refractivity contribution in [1.29, 1.82) is 0 Å². The molecule has 164 valence electrons. The molecule has 1 fully saturated rings. The first-order chi connectivity index (χ1) is 14.0. The zero-order valence-electron chi connectivity index (χ0n) is 15.6. The van der Waals surface area contributed by atoms with Crippen molar-refractivity contribution in [3.63, 3.8) is 0 Å². The van der Waals surface area contributed by atoms with E-state index < -0.39 is 46.9 Å². The van der Waals surface area contributed by atoms with Crippen molar-refractivity contribution in [2.24, 2.45) is 0 Å². The minimum atomic E-state index is -5.05. The molecule has 0 aliphatic carbocycles. The Morgan fingerprint density at radius 3 is 2.13 bits per heavy atom. The minimum absolute atomic E-state index is 0.281. The molecule has 10 heteroatoms. The van der Waals surface area contributed by atoms with E-state index in [9.17, 15) is 26.3 Å². The van der Waals surface area contributed by atoms with E-state index in [0.717, 1.165) is 5.56 Å². The predicted molar refractivity (Wildman–Crippen MR) is 97.9 cm³/mol. The first-order valence-electron chi connectivity index (χ1n) is 9.01. The van der Waals surface area contributed by atoms with Gasteiger partial charge in [-0.1, -0.05) is 41.9 Å². The number of benzene rings is 2. The lowest BCUT2D eigenvalue weighted by Crippen LogP contribution is -2.43. The molecule has 0 aromatic heterocycles. The highest BCUT2D eigenvalue weighted by atomic mass is 35.5. The molecular formula is C20H18ClF6NO2. The van der Waals surface area contributed by atoms with Crippen molar-refractivity contribution in [1.82, 2.24) is 5.32 Å². The third-order valence-electron chi connectivity index (χ3n) is 4.69. The van der Waals surface area contributed by atoms with Crippen molar-refractivity contribution in [3.8, 4) is 0 Å². The van der Waals surface area contributed by atoms with Gasteiger partial charge in [-0.25, -0.2) is 0 Å². The van der Waals surface area contributed by atoms with E-state index in [1.165, 1.54) is 6.92 Å². The van der Waals surface area contributed by atoms with Gasteiger partial charge in [0.15, 0.2) is 6.29 Å². The number of ether oxygens (including phenoxy) is 2. The summed E-state index contributed by atoms with van der Waals surface area (Å²) in [4.78, 5) is 0. The summed E-state index contributed by atoms with van der Waals surface area (Å²) in [6, 6.07) is 9.78. The van der Waals surface area contributed by atoms with Gasteiger partial charge >= 0.3 is 12.4 Å². The molecule has 3 nitrogen and oxygen atoms in total. The highest BCUT2D eigenvalue weighted by molar-refractivity contribution is 6.32. The smallest absolute Gasteiger partial charge is 0.349 e. The largest absolute Gasteiger partial charge is 0.417 e. The molecule has 30 heavy (non-hydrogen) atoms. The first kappa shape index (κ1) is 22.9. The maximum Gasteiger partial charge on any atom is 0.417 e. The lowest BCUT2D eigenvalue weighted by molar-refractivity contribution is -0.200. The third kappa shape index (κ3) is 5.08. The van der Waals surface area contributed by atoms with E-state index in [2.05, 4.69) is 5.32 Å². The van der Waals surface area contributed by atoms with Gasteiger partial charge < -0.3 is 14.8 Å².